The minimum Gasteiger partial charge on any atom is -0.465 e. The zero-order chi connectivity index (χ0) is 28.4. The predicted molar refractivity (Wildman–Crippen MR) is 150 cm³/mol. The number of hydrogen-bond donors (Lipinski definition) is 1. The van der Waals surface area contributed by atoms with Crippen LogP contribution in [0.4, 0.5) is 11.4 Å². The number of rotatable bonds is 8. The van der Waals surface area contributed by atoms with Gasteiger partial charge in [-0.05, 0) is 74.3 Å². The highest BCUT2D eigenvalue weighted by Gasteiger charge is 2.36. The molecule has 10 nitrogen and oxygen atoms in total. The van der Waals surface area contributed by atoms with Crippen molar-refractivity contribution in [2.75, 3.05) is 53.5 Å². The van der Waals surface area contributed by atoms with Gasteiger partial charge in [0.05, 0.1) is 24.1 Å². The van der Waals surface area contributed by atoms with Crippen molar-refractivity contribution in [3.05, 3.63) is 82.9 Å². The minimum atomic E-state index is -0.749. The number of hydrogen-bond acceptors (Lipinski definition) is 8. The first kappa shape index (κ1) is 26.9. The molecule has 0 aliphatic carbocycles. The number of ether oxygens (including phenoxy) is 3. The highest BCUT2D eigenvalue weighted by molar-refractivity contribution is 6.24. The van der Waals surface area contributed by atoms with Crippen molar-refractivity contribution in [1.29, 1.82) is 0 Å². The zero-order valence-corrected chi connectivity index (χ0v) is 22.8. The molecule has 0 aromatic heterocycles. The fourth-order valence-electron chi connectivity index (χ4n) is 4.62. The Hall–Kier alpha value is -4.70. The summed E-state index contributed by atoms with van der Waals surface area (Å²) in [6, 6.07) is 17.4. The Balaban J connectivity index is 1.51. The predicted octanol–water partition coefficient (Wildman–Crippen LogP) is 3.69. The zero-order valence-electron chi connectivity index (χ0n) is 22.8. The first-order chi connectivity index (χ1) is 19.2. The molecule has 0 saturated carbocycles. The van der Waals surface area contributed by atoms with Crippen LogP contribution in [-0.4, -0.2) is 81.4 Å². The van der Waals surface area contributed by atoms with Crippen LogP contribution >= 0.6 is 0 Å². The van der Waals surface area contributed by atoms with E-state index in [1.54, 1.807) is 66.5 Å². The third-order valence-corrected chi connectivity index (χ3v) is 6.84. The van der Waals surface area contributed by atoms with Gasteiger partial charge in [-0.25, -0.2) is 4.79 Å². The topological polar surface area (TPSA) is 110 Å². The average molecular weight is 543 g/mol. The smallest absolute Gasteiger partial charge is 0.337 e. The number of fused-ring (bicyclic) bond motifs is 2. The SMILES string of the molecule is COC(=O)c1ccc2c(c1)NC(=O)C2C(=Nc1ccc(C(=O)N(C)CCN(C)C)cc1)c1ccc2c(c1)OCO2. The molecule has 10 heteroatoms. The van der Waals surface area contributed by atoms with Crippen molar-refractivity contribution >= 4 is 34.9 Å². The fourth-order valence-corrected chi connectivity index (χ4v) is 4.62. The molecule has 2 aliphatic rings. The van der Waals surface area contributed by atoms with Gasteiger partial charge in [0, 0.05) is 37.0 Å². The van der Waals surface area contributed by atoms with E-state index in [1.165, 1.54) is 7.11 Å². The van der Waals surface area contributed by atoms with Gasteiger partial charge in [-0.1, -0.05) is 6.07 Å². The molecule has 206 valence electrons. The molecule has 3 aromatic rings. The Labute approximate surface area is 232 Å². The highest BCUT2D eigenvalue weighted by Crippen LogP contribution is 2.39. The second-order valence-corrected chi connectivity index (χ2v) is 9.86. The summed E-state index contributed by atoms with van der Waals surface area (Å²) in [5.41, 5.74) is 3.83. The van der Waals surface area contributed by atoms with Crippen LogP contribution in [0.25, 0.3) is 0 Å². The van der Waals surface area contributed by atoms with Crippen molar-refractivity contribution < 1.29 is 28.6 Å². The molecule has 2 amide bonds. The Morgan fingerprint density at radius 2 is 1.62 bits per heavy atom. The molecule has 1 unspecified atom stereocenters. The van der Waals surface area contributed by atoms with Crippen LogP contribution < -0.4 is 14.8 Å². The van der Waals surface area contributed by atoms with Crippen molar-refractivity contribution in [3.63, 3.8) is 0 Å². The number of likely N-dealkylation sites (N-methyl/N-ethyl adjacent to an activating group) is 2. The summed E-state index contributed by atoms with van der Waals surface area (Å²) in [4.78, 5) is 46.8. The molecule has 5 rings (SSSR count). The molecule has 40 heavy (non-hydrogen) atoms. The molecule has 0 radical (unpaired) electrons. The standard InChI is InChI=1S/C30H30N4O6/c1-33(2)13-14-34(3)29(36)18-5-9-21(10-6-18)31-27(19-8-12-24-25(16-19)40-17-39-24)26-22-11-7-20(30(37)38-4)15-23(22)32-28(26)35/h5-12,15-16,26H,13-14,17H2,1-4H3,(H,32,35). The van der Waals surface area contributed by atoms with Crippen LogP contribution in [0.2, 0.25) is 0 Å². The maximum atomic E-state index is 13.3. The lowest BCUT2D eigenvalue weighted by Crippen LogP contribution is -2.33. The van der Waals surface area contributed by atoms with Gasteiger partial charge < -0.3 is 29.3 Å². The molecule has 1 N–H and O–H groups in total. The van der Waals surface area contributed by atoms with Gasteiger partial charge >= 0.3 is 5.97 Å². The number of amides is 2. The number of methoxy groups -OCH3 is 1. The summed E-state index contributed by atoms with van der Waals surface area (Å²) in [5.74, 6) is -0.427. The van der Waals surface area contributed by atoms with E-state index < -0.39 is 11.9 Å². The average Bonchev–Trinajstić information content (AvgIpc) is 3.56. The van der Waals surface area contributed by atoms with Gasteiger partial charge in [0.25, 0.3) is 5.91 Å². The van der Waals surface area contributed by atoms with Crippen LogP contribution in [0.1, 0.15) is 37.8 Å². The summed E-state index contributed by atoms with van der Waals surface area (Å²) >= 11 is 0. The Bertz CT molecular complexity index is 1500. The van der Waals surface area contributed by atoms with Gasteiger partial charge in [-0.3, -0.25) is 14.6 Å². The lowest BCUT2D eigenvalue weighted by Gasteiger charge is -2.19. The first-order valence-corrected chi connectivity index (χ1v) is 12.8. The Kier molecular flexibility index (Phi) is 7.52. The van der Waals surface area contributed by atoms with E-state index in [2.05, 4.69) is 5.32 Å². The normalized spacial score (nSPS) is 15.6. The molecule has 0 bridgehead atoms. The maximum Gasteiger partial charge on any atom is 0.337 e. The second-order valence-electron chi connectivity index (χ2n) is 9.86. The summed E-state index contributed by atoms with van der Waals surface area (Å²) in [7, 11) is 7.01. The Morgan fingerprint density at radius 3 is 2.35 bits per heavy atom. The number of nitrogens with zero attached hydrogens (tertiary/aromatic N) is 3. The minimum absolute atomic E-state index is 0.0844. The molecule has 3 aromatic carbocycles. The lowest BCUT2D eigenvalue weighted by atomic mass is 9.90. The number of carbonyl (C=O) groups excluding carboxylic acids is 3. The number of esters is 1. The molecule has 2 aliphatic heterocycles. The third kappa shape index (κ3) is 5.39. The van der Waals surface area contributed by atoms with Crippen molar-refractivity contribution in [1.82, 2.24) is 9.80 Å². The maximum absolute atomic E-state index is 13.3. The van der Waals surface area contributed by atoms with Gasteiger partial charge in [0.2, 0.25) is 12.7 Å². The van der Waals surface area contributed by atoms with Crippen molar-refractivity contribution in [2.45, 2.75) is 5.92 Å². The molecule has 1 atom stereocenters. The van der Waals surface area contributed by atoms with Crippen LogP contribution in [0.5, 0.6) is 11.5 Å². The number of nitrogens with one attached hydrogen (secondary N) is 1. The monoisotopic (exact) mass is 542 g/mol. The molecule has 0 saturated heterocycles. The lowest BCUT2D eigenvalue weighted by molar-refractivity contribution is -0.115. The molecule has 0 fully saturated rings. The van der Waals surface area contributed by atoms with E-state index in [4.69, 9.17) is 19.2 Å². The van der Waals surface area contributed by atoms with Gasteiger partial charge in [0.15, 0.2) is 11.5 Å². The second kappa shape index (κ2) is 11.2. The van der Waals surface area contributed by atoms with E-state index in [0.717, 1.165) is 6.54 Å². The number of benzene rings is 3. The van der Waals surface area contributed by atoms with E-state index in [0.29, 0.717) is 57.4 Å². The Morgan fingerprint density at radius 1 is 0.925 bits per heavy atom. The summed E-state index contributed by atoms with van der Waals surface area (Å²) in [6.07, 6.45) is 0. The van der Waals surface area contributed by atoms with Crippen LogP contribution in [0.3, 0.4) is 0 Å². The van der Waals surface area contributed by atoms with Gasteiger partial charge in [-0.2, -0.15) is 0 Å². The van der Waals surface area contributed by atoms with Crippen LogP contribution in [-0.2, 0) is 9.53 Å². The van der Waals surface area contributed by atoms with Gasteiger partial charge in [0.1, 0.15) is 5.92 Å². The quantitative estimate of drug-likeness (QED) is 0.342. The summed E-state index contributed by atoms with van der Waals surface area (Å²) in [5, 5.41) is 2.87. The summed E-state index contributed by atoms with van der Waals surface area (Å²) < 4.78 is 15.9. The van der Waals surface area contributed by atoms with Gasteiger partial charge in [-0.15, -0.1) is 0 Å². The van der Waals surface area contributed by atoms with E-state index in [-0.39, 0.29) is 18.6 Å². The first-order valence-electron chi connectivity index (χ1n) is 12.8. The highest BCUT2D eigenvalue weighted by atomic mass is 16.7. The van der Waals surface area contributed by atoms with Crippen LogP contribution in [0.15, 0.2) is 65.7 Å². The third-order valence-electron chi connectivity index (χ3n) is 6.84. The van der Waals surface area contributed by atoms with Crippen LogP contribution in [0, 0.1) is 0 Å². The van der Waals surface area contributed by atoms with Crippen molar-refractivity contribution in [3.8, 4) is 11.5 Å². The van der Waals surface area contributed by atoms with E-state index >= 15 is 0 Å². The molecular formula is C30H30N4O6. The molecule has 2 heterocycles. The summed E-state index contributed by atoms with van der Waals surface area (Å²) in [6.45, 7) is 1.48. The van der Waals surface area contributed by atoms with Crippen molar-refractivity contribution in [2.24, 2.45) is 4.99 Å². The number of aliphatic imine (C=N–C) groups is 1. The number of carbonyl (C=O) groups is 3. The van der Waals surface area contributed by atoms with E-state index in [9.17, 15) is 14.4 Å². The molecular weight excluding hydrogens is 512 g/mol. The molecule has 0 spiro atoms. The van der Waals surface area contributed by atoms with E-state index in [1.807, 2.05) is 25.1 Å². The number of anilines is 1. The fraction of sp³-hybridized carbons (Fsp3) is 0.267. The largest absolute Gasteiger partial charge is 0.465 e.